The number of benzene rings is 1. The van der Waals surface area contributed by atoms with Crippen molar-refractivity contribution < 1.29 is 15.0 Å². The molecule has 15 heavy (non-hydrogen) atoms. The standard InChI is InChI=1S/C11H15NO3/c1-12(7-8-13)10(11(14)15)9-5-3-2-4-6-9/h2-6,10,13H,7-8H2,1H3,(H,14,15)/t10-/m0/s1. The predicted molar refractivity (Wildman–Crippen MR) is 56.5 cm³/mol. The van der Waals surface area contributed by atoms with Crippen LogP contribution in [0.25, 0.3) is 0 Å². The van der Waals surface area contributed by atoms with E-state index in [1.54, 1.807) is 36.2 Å². The van der Waals surface area contributed by atoms with Gasteiger partial charge in [0, 0.05) is 6.54 Å². The monoisotopic (exact) mass is 209 g/mol. The van der Waals surface area contributed by atoms with Crippen molar-refractivity contribution in [1.82, 2.24) is 4.90 Å². The number of likely N-dealkylation sites (N-methyl/N-ethyl adjacent to an activating group) is 1. The molecule has 0 heterocycles. The van der Waals surface area contributed by atoms with E-state index in [0.29, 0.717) is 6.54 Å². The van der Waals surface area contributed by atoms with Crippen molar-refractivity contribution >= 4 is 5.97 Å². The molecule has 0 unspecified atom stereocenters. The maximum Gasteiger partial charge on any atom is 0.325 e. The molecule has 1 atom stereocenters. The number of aliphatic hydroxyl groups is 1. The molecule has 4 nitrogen and oxygen atoms in total. The third-order valence-corrected chi connectivity index (χ3v) is 2.24. The van der Waals surface area contributed by atoms with Crippen LogP contribution in [0.1, 0.15) is 11.6 Å². The third kappa shape index (κ3) is 3.04. The summed E-state index contributed by atoms with van der Waals surface area (Å²) in [6.45, 7) is 0.291. The zero-order valence-corrected chi connectivity index (χ0v) is 8.63. The second-order valence-electron chi connectivity index (χ2n) is 3.36. The van der Waals surface area contributed by atoms with Gasteiger partial charge in [-0.3, -0.25) is 9.69 Å². The molecule has 0 aliphatic rings. The molecule has 0 aromatic heterocycles. The molecule has 82 valence electrons. The van der Waals surface area contributed by atoms with Crippen molar-refractivity contribution in [2.24, 2.45) is 0 Å². The second-order valence-corrected chi connectivity index (χ2v) is 3.36. The quantitative estimate of drug-likeness (QED) is 0.750. The molecule has 0 radical (unpaired) electrons. The number of nitrogens with zero attached hydrogens (tertiary/aromatic N) is 1. The fraction of sp³-hybridized carbons (Fsp3) is 0.364. The summed E-state index contributed by atoms with van der Waals surface area (Å²) in [5.41, 5.74) is 0.723. The van der Waals surface area contributed by atoms with Crippen molar-refractivity contribution in [1.29, 1.82) is 0 Å². The zero-order valence-electron chi connectivity index (χ0n) is 8.63. The summed E-state index contributed by atoms with van der Waals surface area (Å²) >= 11 is 0. The Morgan fingerprint density at radius 1 is 1.40 bits per heavy atom. The topological polar surface area (TPSA) is 60.8 Å². The molecule has 1 aromatic carbocycles. The van der Waals surface area contributed by atoms with Crippen molar-refractivity contribution in [3.63, 3.8) is 0 Å². The van der Waals surface area contributed by atoms with Crippen LogP contribution in [0.5, 0.6) is 0 Å². The molecule has 0 fully saturated rings. The Kier molecular flexibility index (Phi) is 4.27. The maximum absolute atomic E-state index is 11.1. The van der Waals surface area contributed by atoms with Crippen molar-refractivity contribution in [2.45, 2.75) is 6.04 Å². The third-order valence-electron chi connectivity index (χ3n) is 2.24. The van der Waals surface area contributed by atoms with Crippen molar-refractivity contribution in [3.8, 4) is 0 Å². The Balaban J connectivity index is 2.88. The summed E-state index contributed by atoms with van der Waals surface area (Å²) in [5.74, 6) is -0.905. The van der Waals surface area contributed by atoms with E-state index in [2.05, 4.69) is 0 Å². The van der Waals surface area contributed by atoms with E-state index in [4.69, 9.17) is 10.2 Å². The highest BCUT2D eigenvalue weighted by Gasteiger charge is 2.23. The number of aliphatic hydroxyl groups excluding tert-OH is 1. The number of carboxylic acid groups (broad SMARTS) is 1. The smallest absolute Gasteiger partial charge is 0.325 e. The minimum Gasteiger partial charge on any atom is -0.480 e. The molecular weight excluding hydrogens is 194 g/mol. The molecular formula is C11H15NO3. The largest absolute Gasteiger partial charge is 0.480 e. The van der Waals surface area contributed by atoms with Crippen LogP contribution >= 0.6 is 0 Å². The van der Waals surface area contributed by atoms with E-state index in [1.165, 1.54) is 0 Å². The van der Waals surface area contributed by atoms with Gasteiger partial charge in [-0.1, -0.05) is 30.3 Å². The minimum atomic E-state index is -0.905. The van der Waals surface area contributed by atoms with Crippen LogP contribution in [0.15, 0.2) is 30.3 Å². The first-order valence-corrected chi connectivity index (χ1v) is 4.75. The van der Waals surface area contributed by atoms with Gasteiger partial charge in [-0.2, -0.15) is 0 Å². The predicted octanol–water partition coefficient (Wildman–Crippen LogP) is 0.736. The summed E-state index contributed by atoms with van der Waals surface area (Å²) in [6.07, 6.45) is 0. The molecule has 2 N–H and O–H groups in total. The van der Waals surface area contributed by atoms with Gasteiger partial charge < -0.3 is 10.2 Å². The van der Waals surface area contributed by atoms with Crippen molar-refractivity contribution in [3.05, 3.63) is 35.9 Å². The highest BCUT2D eigenvalue weighted by atomic mass is 16.4. The van der Waals surface area contributed by atoms with Crippen LogP contribution in [0.2, 0.25) is 0 Å². The fourth-order valence-corrected chi connectivity index (χ4v) is 1.51. The van der Waals surface area contributed by atoms with Crippen LogP contribution in [0.3, 0.4) is 0 Å². The highest BCUT2D eigenvalue weighted by molar-refractivity contribution is 5.75. The van der Waals surface area contributed by atoms with E-state index < -0.39 is 12.0 Å². The molecule has 0 bridgehead atoms. The normalized spacial score (nSPS) is 12.7. The number of hydrogen-bond acceptors (Lipinski definition) is 3. The van der Waals surface area contributed by atoms with Gasteiger partial charge in [0.15, 0.2) is 0 Å². The van der Waals surface area contributed by atoms with E-state index in [0.717, 1.165) is 5.56 Å². The van der Waals surface area contributed by atoms with Gasteiger partial charge >= 0.3 is 5.97 Å². The molecule has 1 rings (SSSR count). The lowest BCUT2D eigenvalue weighted by Gasteiger charge is -2.23. The number of carbonyl (C=O) groups is 1. The first-order chi connectivity index (χ1) is 7.16. The Hall–Kier alpha value is -1.39. The first kappa shape index (κ1) is 11.7. The van der Waals surface area contributed by atoms with Crippen LogP contribution in [0.4, 0.5) is 0 Å². The lowest BCUT2D eigenvalue weighted by atomic mass is 10.1. The molecule has 0 spiro atoms. The second kappa shape index (κ2) is 5.48. The van der Waals surface area contributed by atoms with Gasteiger partial charge in [0.05, 0.1) is 6.61 Å². The van der Waals surface area contributed by atoms with E-state index in [1.807, 2.05) is 6.07 Å². The molecule has 1 aromatic rings. The van der Waals surface area contributed by atoms with Gasteiger partial charge in [-0.15, -0.1) is 0 Å². The van der Waals surface area contributed by atoms with E-state index >= 15 is 0 Å². The molecule has 0 amide bonds. The van der Waals surface area contributed by atoms with Gasteiger partial charge in [0.1, 0.15) is 6.04 Å². The van der Waals surface area contributed by atoms with Crippen LogP contribution in [-0.4, -0.2) is 41.3 Å². The molecule has 4 heteroatoms. The van der Waals surface area contributed by atoms with E-state index in [-0.39, 0.29) is 6.61 Å². The van der Waals surface area contributed by atoms with E-state index in [9.17, 15) is 4.79 Å². The molecule has 0 aliphatic heterocycles. The number of carboxylic acids is 1. The van der Waals surface area contributed by atoms with Crippen LogP contribution in [0, 0.1) is 0 Å². The Morgan fingerprint density at radius 3 is 2.47 bits per heavy atom. The molecule has 0 aliphatic carbocycles. The zero-order chi connectivity index (χ0) is 11.3. The van der Waals surface area contributed by atoms with Crippen LogP contribution in [-0.2, 0) is 4.79 Å². The van der Waals surface area contributed by atoms with Gasteiger partial charge in [-0.25, -0.2) is 0 Å². The number of hydrogen-bond donors (Lipinski definition) is 2. The average molecular weight is 209 g/mol. The number of aliphatic carboxylic acids is 1. The molecule has 0 saturated heterocycles. The summed E-state index contributed by atoms with van der Waals surface area (Å²) in [7, 11) is 1.68. The van der Waals surface area contributed by atoms with Gasteiger partial charge in [0.2, 0.25) is 0 Å². The summed E-state index contributed by atoms with van der Waals surface area (Å²) < 4.78 is 0. The van der Waals surface area contributed by atoms with Gasteiger partial charge in [-0.05, 0) is 12.6 Å². The van der Waals surface area contributed by atoms with Gasteiger partial charge in [0.25, 0.3) is 0 Å². The lowest BCUT2D eigenvalue weighted by molar-refractivity contribution is -0.143. The first-order valence-electron chi connectivity index (χ1n) is 4.75. The SMILES string of the molecule is CN(CCO)[C@H](C(=O)O)c1ccccc1. The lowest BCUT2D eigenvalue weighted by Crippen LogP contribution is -2.32. The Labute approximate surface area is 88.8 Å². The minimum absolute atomic E-state index is 0.0485. The molecule has 0 saturated carbocycles. The Bertz CT molecular complexity index is 313. The van der Waals surface area contributed by atoms with Crippen LogP contribution < -0.4 is 0 Å². The summed E-state index contributed by atoms with van der Waals surface area (Å²) in [6, 6.07) is 8.29. The maximum atomic E-state index is 11.1. The van der Waals surface area contributed by atoms with Crippen molar-refractivity contribution in [2.75, 3.05) is 20.2 Å². The Morgan fingerprint density at radius 2 is 2.00 bits per heavy atom. The summed E-state index contributed by atoms with van der Waals surface area (Å²) in [5, 5.41) is 17.9. The number of rotatable bonds is 5. The fourth-order valence-electron chi connectivity index (χ4n) is 1.51. The highest BCUT2D eigenvalue weighted by Crippen LogP contribution is 2.18. The average Bonchev–Trinajstić information content (AvgIpc) is 2.19. The summed E-state index contributed by atoms with van der Waals surface area (Å²) in [4.78, 5) is 12.7.